The second-order valence-electron chi connectivity index (χ2n) is 3.47. The summed E-state index contributed by atoms with van der Waals surface area (Å²) >= 11 is 0. The second kappa shape index (κ2) is 4.75. The van der Waals surface area contributed by atoms with Crippen molar-refractivity contribution >= 4 is 0 Å². The number of rotatable bonds is 5. The minimum atomic E-state index is 0.856. The predicted octanol–water partition coefficient (Wildman–Crippen LogP) is 0.406. The topological polar surface area (TPSA) is 47.7 Å². The summed E-state index contributed by atoms with van der Waals surface area (Å²) in [7, 11) is 1.92. The molecule has 0 radical (unpaired) electrons. The van der Waals surface area contributed by atoms with Gasteiger partial charge in [-0.15, -0.1) is 0 Å². The molecule has 0 saturated carbocycles. The van der Waals surface area contributed by atoms with Crippen molar-refractivity contribution in [3.63, 3.8) is 0 Å². The number of nitrogens with one attached hydrogen (secondary N) is 1. The van der Waals surface area contributed by atoms with E-state index in [2.05, 4.69) is 15.5 Å². The fourth-order valence-electron chi connectivity index (χ4n) is 1.42. The summed E-state index contributed by atoms with van der Waals surface area (Å²) in [6.07, 6.45) is 7.65. The average molecular weight is 205 g/mol. The maximum Gasteiger partial charge on any atom is 0.0534 e. The van der Waals surface area contributed by atoms with Crippen molar-refractivity contribution in [3.05, 3.63) is 36.4 Å². The first-order valence-electron chi connectivity index (χ1n) is 5.00. The maximum absolute atomic E-state index is 4.13. The lowest BCUT2D eigenvalue weighted by Crippen LogP contribution is -2.19. The molecule has 0 aliphatic heterocycles. The van der Waals surface area contributed by atoms with E-state index in [0.29, 0.717) is 0 Å². The van der Waals surface area contributed by atoms with Gasteiger partial charge in [0.25, 0.3) is 0 Å². The predicted molar refractivity (Wildman–Crippen MR) is 57.1 cm³/mol. The van der Waals surface area contributed by atoms with Crippen LogP contribution in [-0.4, -0.2) is 26.1 Å². The highest BCUT2D eigenvalue weighted by Crippen LogP contribution is 1.94. The lowest BCUT2D eigenvalue weighted by atomic mass is 10.3. The number of hydrogen-bond donors (Lipinski definition) is 1. The van der Waals surface area contributed by atoms with Crippen molar-refractivity contribution in [1.29, 1.82) is 0 Å². The molecule has 0 aliphatic carbocycles. The van der Waals surface area contributed by atoms with E-state index in [1.54, 1.807) is 6.20 Å². The van der Waals surface area contributed by atoms with E-state index in [0.717, 1.165) is 19.6 Å². The number of aromatic nitrogens is 4. The molecule has 2 aromatic rings. The van der Waals surface area contributed by atoms with Gasteiger partial charge in [-0.3, -0.25) is 9.36 Å². The molecule has 80 valence electrons. The van der Waals surface area contributed by atoms with Crippen LogP contribution in [0.1, 0.15) is 5.56 Å². The van der Waals surface area contributed by atoms with Gasteiger partial charge in [-0.05, 0) is 6.07 Å². The summed E-state index contributed by atoms with van der Waals surface area (Å²) < 4.78 is 3.72. The van der Waals surface area contributed by atoms with Gasteiger partial charge in [-0.1, -0.05) is 0 Å². The van der Waals surface area contributed by atoms with Crippen molar-refractivity contribution in [2.45, 2.75) is 13.1 Å². The molecule has 0 amide bonds. The van der Waals surface area contributed by atoms with Gasteiger partial charge in [0.05, 0.1) is 12.7 Å². The molecule has 0 aliphatic rings. The third kappa shape index (κ3) is 2.92. The Morgan fingerprint density at radius 2 is 2.33 bits per heavy atom. The molecule has 2 aromatic heterocycles. The largest absolute Gasteiger partial charge is 0.311 e. The SMILES string of the molecule is Cn1cc(CNCCn2cccn2)cn1. The summed E-state index contributed by atoms with van der Waals surface area (Å²) in [5, 5.41) is 11.6. The molecule has 0 aromatic carbocycles. The minimum Gasteiger partial charge on any atom is -0.311 e. The first-order chi connectivity index (χ1) is 7.34. The number of nitrogens with zero attached hydrogens (tertiary/aromatic N) is 4. The highest BCUT2D eigenvalue weighted by molar-refractivity contribution is 5.02. The van der Waals surface area contributed by atoms with E-state index >= 15 is 0 Å². The molecule has 0 spiro atoms. The van der Waals surface area contributed by atoms with Gasteiger partial charge in [0.2, 0.25) is 0 Å². The van der Waals surface area contributed by atoms with Crippen LogP contribution in [0, 0.1) is 0 Å². The Bertz CT molecular complexity index is 390. The van der Waals surface area contributed by atoms with Gasteiger partial charge in [-0.2, -0.15) is 10.2 Å². The van der Waals surface area contributed by atoms with E-state index in [4.69, 9.17) is 0 Å². The van der Waals surface area contributed by atoms with Gasteiger partial charge < -0.3 is 5.32 Å². The summed E-state index contributed by atoms with van der Waals surface area (Å²) in [4.78, 5) is 0. The smallest absolute Gasteiger partial charge is 0.0534 e. The molecule has 5 heteroatoms. The van der Waals surface area contributed by atoms with E-state index in [1.807, 2.05) is 41.1 Å². The Morgan fingerprint density at radius 1 is 1.40 bits per heavy atom. The number of aryl methyl sites for hydroxylation is 1. The molecule has 0 atom stereocenters. The van der Waals surface area contributed by atoms with Crippen molar-refractivity contribution in [2.24, 2.45) is 7.05 Å². The van der Waals surface area contributed by atoms with Crippen LogP contribution in [0.5, 0.6) is 0 Å². The first kappa shape index (κ1) is 9.92. The van der Waals surface area contributed by atoms with Gasteiger partial charge in [-0.25, -0.2) is 0 Å². The van der Waals surface area contributed by atoms with Crippen LogP contribution in [-0.2, 0) is 20.1 Å². The van der Waals surface area contributed by atoms with Crippen molar-refractivity contribution in [3.8, 4) is 0 Å². The van der Waals surface area contributed by atoms with Gasteiger partial charge in [0.1, 0.15) is 0 Å². The molecular weight excluding hydrogens is 190 g/mol. The molecule has 15 heavy (non-hydrogen) atoms. The first-order valence-corrected chi connectivity index (χ1v) is 5.00. The lowest BCUT2D eigenvalue weighted by Gasteiger charge is -2.02. The van der Waals surface area contributed by atoms with Crippen LogP contribution in [0.4, 0.5) is 0 Å². The minimum absolute atomic E-state index is 0.856. The fourth-order valence-corrected chi connectivity index (χ4v) is 1.42. The number of hydrogen-bond acceptors (Lipinski definition) is 3. The van der Waals surface area contributed by atoms with Crippen molar-refractivity contribution in [1.82, 2.24) is 24.9 Å². The monoisotopic (exact) mass is 205 g/mol. The van der Waals surface area contributed by atoms with Crippen LogP contribution >= 0.6 is 0 Å². The highest BCUT2D eigenvalue weighted by atomic mass is 15.3. The van der Waals surface area contributed by atoms with E-state index in [9.17, 15) is 0 Å². The van der Waals surface area contributed by atoms with Crippen LogP contribution in [0.15, 0.2) is 30.9 Å². The van der Waals surface area contributed by atoms with Crippen LogP contribution in [0.2, 0.25) is 0 Å². The summed E-state index contributed by atoms with van der Waals surface area (Å²) in [6, 6.07) is 1.93. The lowest BCUT2D eigenvalue weighted by molar-refractivity contribution is 0.555. The molecule has 0 saturated heterocycles. The highest BCUT2D eigenvalue weighted by Gasteiger charge is 1.95. The third-order valence-electron chi connectivity index (χ3n) is 2.16. The van der Waals surface area contributed by atoms with Gasteiger partial charge >= 0.3 is 0 Å². The van der Waals surface area contributed by atoms with Crippen LogP contribution in [0.3, 0.4) is 0 Å². The molecule has 0 fully saturated rings. The van der Waals surface area contributed by atoms with E-state index in [-0.39, 0.29) is 0 Å². The van der Waals surface area contributed by atoms with Crippen LogP contribution in [0.25, 0.3) is 0 Å². The average Bonchev–Trinajstić information content (AvgIpc) is 2.84. The van der Waals surface area contributed by atoms with E-state index < -0.39 is 0 Å². The summed E-state index contributed by atoms with van der Waals surface area (Å²) in [5.74, 6) is 0. The quantitative estimate of drug-likeness (QED) is 0.719. The zero-order valence-electron chi connectivity index (χ0n) is 8.80. The normalized spacial score (nSPS) is 10.7. The second-order valence-corrected chi connectivity index (χ2v) is 3.47. The maximum atomic E-state index is 4.13. The molecule has 0 bridgehead atoms. The summed E-state index contributed by atoms with van der Waals surface area (Å²) in [6.45, 7) is 2.67. The molecule has 5 nitrogen and oxygen atoms in total. The fraction of sp³-hybridized carbons (Fsp3) is 0.400. The molecule has 2 heterocycles. The molecule has 1 N–H and O–H groups in total. The molecular formula is C10H15N5. The van der Waals surface area contributed by atoms with Crippen molar-refractivity contribution in [2.75, 3.05) is 6.54 Å². The zero-order chi connectivity index (χ0) is 10.5. The Balaban J connectivity index is 1.67. The third-order valence-corrected chi connectivity index (χ3v) is 2.16. The summed E-state index contributed by atoms with van der Waals surface area (Å²) in [5.41, 5.74) is 1.21. The zero-order valence-corrected chi connectivity index (χ0v) is 8.80. The molecule has 2 rings (SSSR count). The molecule has 0 unspecified atom stereocenters. The Morgan fingerprint density at radius 3 is 3.00 bits per heavy atom. The Hall–Kier alpha value is -1.62. The van der Waals surface area contributed by atoms with Crippen LogP contribution < -0.4 is 5.32 Å². The Labute approximate surface area is 88.7 Å². The van der Waals surface area contributed by atoms with Gasteiger partial charge in [0.15, 0.2) is 0 Å². The van der Waals surface area contributed by atoms with Crippen molar-refractivity contribution < 1.29 is 0 Å². The van der Waals surface area contributed by atoms with Gasteiger partial charge in [0, 0.05) is 44.3 Å². The van der Waals surface area contributed by atoms with E-state index in [1.165, 1.54) is 5.56 Å². The Kier molecular flexibility index (Phi) is 3.14. The standard InChI is InChI=1S/C10H15N5/c1-14-9-10(8-13-14)7-11-4-6-15-5-2-3-12-15/h2-3,5,8-9,11H,4,6-7H2,1H3.